The maximum absolute atomic E-state index is 8.72. The van der Waals surface area contributed by atoms with E-state index in [2.05, 4.69) is 24.1 Å². The number of pyridine rings is 1. The summed E-state index contributed by atoms with van der Waals surface area (Å²) in [6.45, 7) is 4.31. The Balaban J connectivity index is 2.18. The third-order valence-corrected chi connectivity index (χ3v) is 3.08. The van der Waals surface area contributed by atoms with Gasteiger partial charge in [-0.15, -0.1) is 0 Å². The third kappa shape index (κ3) is 2.08. The summed E-state index contributed by atoms with van der Waals surface area (Å²) < 4.78 is 0. The van der Waals surface area contributed by atoms with Crippen LogP contribution in [-0.4, -0.2) is 10.5 Å². The van der Waals surface area contributed by atoms with Crippen LogP contribution in [0.15, 0.2) is 12.3 Å². The molecule has 0 aromatic carbocycles. The minimum absolute atomic E-state index is 0.0231. The molecule has 0 radical (unpaired) electrons. The van der Waals surface area contributed by atoms with Crippen LogP contribution < -0.4 is 11.1 Å². The van der Waals surface area contributed by atoms with E-state index in [0.29, 0.717) is 23.0 Å². The Bertz CT molecular complexity index is 441. The summed E-state index contributed by atoms with van der Waals surface area (Å²) in [7, 11) is 0. The fourth-order valence-corrected chi connectivity index (χ4v) is 1.86. The van der Waals surface area contributed by atoms with Gasteiger partial charge < -0.3 is 11.1 Å². The zero-order valence-corrected chi connectivity index (χ0v) is 9.62. The summed E-state index contributed by atoms with van der Waals surface area (Å²) in [5, 5.41) is 12.1. The highest BCUT2D eigenvalue weighted by molar-refractivity contribution is 5.64. The van der Waals surface area contributed by atoms with Crippen LogP contribution in [0.4, 0.5) is 11.5 Å². The quantitative estimate of drug-likeness (QED) is 0.811. The lowest BCUT2D eigenvalue weighted by atomic mass is 9.99. The van der Waals surface area contributed by atoms with Crippen LogP contribution in [0.3, 0.4) is 0 Å². The molecule has 0 unspecified atom stereocenters. The van der Waals surface area contributed by atoms with E-state index in [4.69, 9.17) is 11.0 Å². The van der Waals surface area contributed by atoms with Gasteiger partial charge in [-0.05, 0) is 38.7 Å². The molecule has 1 aromatic rings. The molecule has 0 amide bonds. The van der Waals surface area contributed by atoms with Gasteiger partial charge in [0.15, 0.2) is 0 Å². The smallest absolute Gasteiger partial charge is 0.149 e. The van der Waals surface area contributed by atoms with Gasteiger partial charge in [0.1, 0.15) is 11.9 Å². The summed E-state index contributed by atoms with van der Waals surface area (Å²) in [4.78, 5) is 4.19. The molecule has 0 saturated heterocycles. The molecule has 3 N–H and O–H groups in total. The molecular formula is C12H16N4. The van der Waals surface area contributed by atoms with Crippen molar-refractivity contribution in [3.8, 4) is 6.07 Å². The number of rotatable bonds is 3. The molecule has 4 heteroatoms. The van der Waals surface area contributed by atoms with Gasteiger partial charge in [-0.25, -0.2) is 4.98 Å². The summed E-state index contributed by atoms with van der Waals surface area (Å²) in [6, 6.07) is 3.67. The molecule has 2 rings (SSSR count). The molecule has 1 fully saturated rings. The second-order valence-electron chi connectivity index (χ2n) is 4.89. The zero-order valence-electron chi connectivity index (χ0n) is 9.62. The number of anilines is 2. The predicted molar refractivity (Wildman–Crippen MR) is 63.8 cm³/mol. The molecule has 0 spiro atoms. The Morgan fingerprint density at radius 1 is 1.56 bits per heavy atom. The van der Waals surface area contributed by atoms with Crippen LogP contribution in [0.25, 0.3) is 0 Å². The fourth-order valence-electron chi connectivity index (χ4n) is 1.86. The molecule has 0 atom stereocenters. The summed E-state index contributed by atoms with van der Waals surface area (Å²) in [5.74, 6) is 1.38. The highest BCUT2D eigenvalue weighted by Crippen LogP contribution is 2.41. The maximum Gasteiger partial charge on any atom is 0.149 e. The lowest BCUT2D eigenvalue weighted by molar-refractivity contribution is 0.493. The molecular weight excluding hydrogens is 200 g/mol. The number of hydrogen-bond acceptors (Lipinski definition) is 4. The van der Waals surface area contributed by atoms with Crippen molar-refractivity contribution in [2.75, 3.05) is 11.1 Å². The lowest BCUT2D eigenvalue weighted by Gasteiger charge is -2.27. The topological polar surface area (TPSA) is 74.7 Å². The second kappa shape index (κ2) is 3.67. The van der Waals surface area contributed by atoms with Gasteiger partial charge in [0, 0.05) is 11.7 Å². The molecule has 4 nitrogen and oxygen atoms in total. The van der Waals surface area contributed by atoms with Crippen LogP contribution in [-0.2, 0) is 0 Å². The zero-order chi connectivity index (χ0) is 11.8. The number of nitrogens with zero attached hydrogens (tertiary/aromatic N) is 2. The van der Waals surface area contributed by atoms with E-state index >= 15 is 0 Å². The van der Waals surface area contributed by atoms with E-state index in [0.717, 1.165) is 0 Å². The summed E-state index contributed by atoms with van der Waals surface area (Å²) in [5.41, 5.74) is 6.90. The Morgan fingerprint density at radius 3 is 2.75 bits per heavy atom. The molecule has 1 heterocycles. The molecule has 84 valence electrons. The van der Waals surface area contributed by atoms with Crippen molar-refractivity contribution in [1.29, 1.82) is 5.26 Å². The van der Waals surface area contributed by atoms with Crippen molar-refractivity contribution in [1.82, 2.24) is 4.98 Å². The second-order valence-corrected chi connectivity index (χ2v) is 4.89. The Kier molecular flexibility index (Phi) is 2.47. The van der Waals surface area contributed by atoms with E-state index < -0.39 is 0 Å². The number of aromatic nitrogens is 1. The van der Waals surface area contributed by atoms with Gasteiger partial charge in [-0.2, -0.15) is 5.26 Å². The van der Waals surface area contributed by atoms with E-state index in [-0.39, 0.29) is 5.54 Å². The highest BCUT2D eigenvalue weighted by Gasteiger charge is 2.38. The van der Waals surface area contributed by atoms with Gasteiger partial charge in [-0.1, -0.05) is 0 Å². The fraction of sp³-hybridized carbons (Fsp3) is 0.500. The third-order valence-electron chi connectivity index (χ3n) is 3.08. The Labute approximate surface area is 95.5 Å². The number of nitrogen functional groups attached to an aromatic ring is 1. The van der Waals surface area contributed by atoms with E-state index in [1.807, 2.05) is 6.07 Å². The minimum Gasteiger partial charge on any atom is -0.396 e. The molecule has 0 bridgehead atoms. The molecule has 1 saturated carbocycles. The SMILES string of the molecule is CC(C)(Nc1ncc(C#N)cc1N)C1CC1. The van der Waals surface area contributed by atoms with Gasteiger partial charge in [0.2, 0.25) is 0 Å². The first kappa shape index (κ1) is 10.7. The number of hydrogen-bond donors (Lipinski definition) is 2. The highest BCUT2D eigenvalue weighted by atomic mass is 15.1. The monoisotopic (exact) mass is 216 g/mol. The van der Waals surface area contributed by atoms with Crippen LogP contribution in [0, 0.1) is 17.2 Å². The standard InChI is InChI=1S/C12H16N4/c1-12(2,9-3-4-9)16-11-10(14)5-8(6-13)7-15-11/h5,7,9H,3-4,14H2,1-2H3,(H,15,16). The van der Waals surface area contributed by atoms with Gasteiger partial charge in [-0.3, -0.25) is 0 Å². The van der Waals surface area contributed by atoms with Crippen LogP contribution >= 0.6 is 0 Å². The van der Waals surface area contributed by atoms with Crippen molar-refractivity contribution in [2.24, 2.45) is 5.92 Å². The first-order chi connectivity index (χ1) is 7.53. The summed E-state index contributed by atoms with van der Waals surface area (Å²) in [6.07, 6.45) is 4.06. The van der Waals surface area contributed by atoms with E-state index in [1.165, 1.54) is 12.8 Å². The first-order valence-electron chi connectivity index (χ1n) is 5.47. The lowest BCUT2D eigenvalue weighted by Crippen LogP contribution is -2.34. The number of nitrogens with two attached hydrogens (primary N) is 1. The molecule has 16 heavy (non-hydrogen) atoms. The molecule has 1 aliphatic rings. The average molecular weight is 216 g/mol. The maximum atomic E-state index is 8.72. The van der Waals surface area contributed by atoms with Crippen LogP contribution in [0.2, 0.25) is 0 Å². The predicted octanol–water partition coefficient (Wildman–Crippen LogP) is 2.14. The molecule has 1 aromatic heterocycles. The Morgan fingerprint density at radius 2 is 2.25 bits per heavy atom. The van der Waals surface area contributed by atoms with Crippen molar-refractivity contribution < 1.29 is 0 Å². The number of nitrogens with one attached hydrogen (secondary N) is 1. The van der Waals surface area contributed by atoms with E-state index in [9.17, 15) is 0 Å². The van der Waals surface area contributed by atoms with Gasteiger partial charge >= 0.3 is 0 Å². The normalized spacial score (nSPS) is 15.6. The van der Waals surface area contributed by atoms with Gasteiger partial charge in [0.25, 0.3) is 0 Å². The molecule has 0 aliphatic heterocycles. The first-order valence-corrected chi connectivity index (χ1v) is 5.47. The van der Waals surface area contributed by atoms with Crippen LogP contribution in [0.1, 0.15) is 32.3 Å². The minimum atomic E-state index is 0.0231. The largest absolute Gasteiger partial charge is 0.396 e. The van der Waals surface area contributed by atoms with Crippen molar-refractivity contribution >= 4 is 11.5 Å². The van der Waals surface area contributed by atoms with E-state index in [1.54, 1.807) is 12.3 Å². The average Bonchev–Trinajstić information content (AvgIpc) is 3.04. The van der Waals surface area contributed by atoms with Crippen LogP contribution in [0.5, 0.6) is 0 Å². The number of nitriles is 1. The summed E-state index contributed by atoms with van der Waals surface area (Å²) >= 11 is 0. The molecule has 1 aliphatic carbocycles. The van der Waals surface area contributed by atoms with Crippen molar-refractivity contribution in [3.63, 3.8) is 0 Å². The van der Waals surface area contributed by atoms with Crippen molar-refractivity contribution in [3.05, 3.63) is 17.8 Å². The van der Waals surface area contributed by atoms with Gasteiger partial charge in [0.05, 0.1) is 11.3 Å². The van der Waals surface area contributed by atoms with Crippen molar-refractivity contribution in [2.45, 2.75) is 32.2 Å². The Hall–Kier alpha value is -1.76.